The molecular weight excluding hydrogens is 330 g/mol. The number of carbonyl (C=O) groups excluding carboxylic acids is 1. The molecule has 0 bridgehead atoms. The average molecular weight is 349 g/mol. The van der Waals surface area contributed by atoms with Gasteiger partial charge < -0.3 is 9.87 Å². The van der Waals surface area contributed by atoms with Crippen LogP contribution in [0, 0.1) is 5.92 Å². The quantitative estimate of drug-likeness (QED) is 0.596. The van der Waals surface area contributed by atoms with Crippen LogP contribution in [0.4, 0.5) is 5.82 Å². The second kappa shape index (κ2) is 7.18. The van der Waals surface area contributed by atoms with Crippen LogP contribution < -0.4 is 5.32 Å². The molecule has 1 fully saturated rings. The van der Waals surface area contributed by atoms with Gasteiger partial charge in [0.05, 0.1) is 11.3 Å². The van der Waals surface area contributed by atoms with Gasteiger partial charge in [-0.15, -0.1) is 0 Å². The number of hydrogen-bond acceptors (Lipinski definition) is 6. The Morgan fingerprint density at radius 2 is 2.33 bits per heavy atom. The van der Waals surface area contributed by atoms with Crippen LogP contribution in [0.5, 0.6) is 0 Å². The Kier molecular flexibility index (Phi) is 5.00. The normalized spacial score (nSPS) is 21.6. The van der Waals surface area contributed by atoms with E-state index in [1.54, 1.807) is 24.0 Å². The van der Waals surface area contributed by atoms with Crippen molar-refractivity contribution in [3.63, 3.8) is 0 Å². The van der Waals surface area contributed by atoms with E-state index in [1.165, 1.54) is 12.5 Å². The van der Waals surface area contributed by atoms with Gasteiger partial charge >= 0.3 is 0 Å². The van der Waals surface area contributed by atoms with Gasteiger partial charge in [0, 0.05) is 25.5 Å². The number of nitrogens with one attached hydrogen (secondary N) is 1. The number of anilines is 1. The van der Waals surface area contributed by atoms with Crippen LogP contribution in [0.25, 0.3) is 0 Å². The molecule has 128 valence electrons. The number of aromatic nitrogens is 4. The molecule has 1 saturated carbocycles. The van der Waals surface area contributed by atoms with Crippen LogP contribution in [0.2, 0.25) is 0 Å². The third-order valence-corrected chi connectivity index (χ3v) is 4.92. The van der Waals surface area contributed by atoms with Crippen molar-refractivity contribution in [2.45, 2.75) is 25.3 Å². The number of ketones is 1. The van der Waals surface area contributed by atoms with Gasteiger partial charge in [0.15, 0.2) is 11.1 Å². The molecule has 0 radical (unpaired) electrons. The zero-order valence-electron chi connectivity index (χ0n) is 13.3. The van der Waals surface area contributed by atoms with E-state index in [4.69, 9.17) is 4.55 Å². The molecule has 2 aromatic heterocycles. The summed E-state index contributed by atoms with van der Waals surface area (Å²) in [4.78, 5) is 20.7. The molecule has 2 aromatic rings. The minimum absolute atomic E-state index is 0.128. The lowest BCUT2D eigenvalue weighted by molar-refractivity contribution is 0.103. The molecule has 1 aliphatic rings. The Bertz CT molecular complexity index is 763. The second-order valence-corrected chi connectivity index (χ2v) is 6.97. The molecule has 8 nitrogen and oxygen atoms in total. The first-order valence-corrected chi connectivity index (χ1v) is 8.99. The fourth-order valence-electron chi connectivity index (χ4n) is 3.04. The van der Waals surface area contributed by atoms with Crippen molar-refractivity contribution in [1.82, 2.24) is 19.7 Å². The summed E-state index contributed by atoms with van der Waals surface area (Å²) in [5.41, 5.74) is 0.723. The summed E-state index contributed by atoms with van der Waals surface area (Å²) in [7, 11) is 1.75. The maximum Gasteiger partial charge on any atom is 0.218 e. The summed E-state index contributed by atoms with van der Waals surface area (Å²) >= 11 is -1.77. The maximum absolute atomic E-state index is 12.6. The molecule has 3 atom stereocenters. The smallest absolute Gasteiger partial charge is 0.218 e. The molecule has 2 heterocycles. The Balaban J connectivity index is 1.73. The van der Waals surface area contributed by atoms with E-state index < -0.39 is 11.1 Å². The highest BCUT2D eigenvalue weighted by Gasteiger charge is 2.27. The zero-order valence-corrected chi connectivity index (χ0v) is 14.1. The van der Waals surface area contributed by atoms with Crippen molar-refractivity contribution in [3.8, 4) is 0 Å². The van der Waals surface area contributed by atoms with Crippen LogP contribution >= 0.6 is 0 Å². The first-order chi connectivity index (χ1) is 11.5. The summed E-state index contributed by atoms with van der Waals surface area (Å²) in [5.74, 6) is 0.757. The number of rotatable bonds is 6. The van der Waals surface area contributed by atoms with Crippen molar-refractivity contribution in [2.75, 3.05) is 11.1 Å². The molecule has 3 rings (SSSR count). The molecule has 1 aliphatic carbocycles. The van der Waals surface area contributed by atoms with E-state index in [0.717, 1.165) is 19.3 Å². The second-order valence-electron chi connectivity index (χ2n) is 6.00. The number of carbonyl (C=O) groups is 1. The molecule has 24 heavy (non-hydrogen) atoms. The van der Waals surface area contributed by atoms with Crippen molar-refractivity contribution in [1.29, 1.82) is 0 Å². The molecule has 9 heteroatoms. The van der Waals surface area contributed by atoms with Crippen molar-refractivity contribution < 1.29 is 13.6 Å². The summed E-state index contributed by atoms with van der Waals surface area (Å²) in [6.07, 6.45) is 7.14. The third kappa shape index (κ3) is 3.85. The minimum Gasteiger partial charge on any atom is -0.367 e. The van der Waals surface area contributed by atoms with Crippen LogP contribution in [0.3, 0.4) is 0 Å². The predicted octanol–water partition coefficient (Wildman–Crippen LogP) is 1.24. The predicted molar refractivity (Wildman–Crippen MR) is 89.1 cm³/mol. The highest BCUT2D eigenvalue weighted by Crippen LogP contribution is 2.29. The fourth-order valence-corrected chi connectivity index (χ4v) is 3.74. The number of nitrogens with zero attached hydrogens (tertiary/aromatic N) is 4. The lowest BCUT2D eigenvalue weighted by Gasteiger charge is -2.15. The van der Waals surface area contributed by atoms with Gasteiger partial charge in [-0.05, 0) is 31.2 Å². The maximum atomic E-state index is 12.6. The molecule has 3 unspecified atom stereocenters. The topological polar surface area (TPSA) is 110 Å². The standard InChI is InChI=1S/C15H19N5O3S/c1-20-5-4-13(19-20)14(21)12-7-16-9-17-15(12)18-11-3-2-10(6-11)8-24(22)23/h4-5,7,9-11H,2-3,6,8H2,1H3,(H,22,23)(H,16,17,18). The number of hydrogen-bond donors (Lipinski definition) is 2. The molecular formula is C15H19N5O3S. The number of aryl methyl sites for hydroxylation is 1. The molecule has 0 aromatic carbocycles. The monoisotopic (exact) mass is 349 g/mol. The Labute approximate surface area is 142 Å². The zero-order chi connectivity index (χ0) is 17.1. The first-order valence-electron chi connectivity index (χ1n) is 7.71. The molecule has 2 N–H and O–H groups in total. The first kappa shape index (κ1) is 16.7. The minimum atomic E-state index is -1.77. The highest BCUT2D eigenvalue weighted by atomic mass is 32.2. The van der Waals surface area contributed by atoms with Crippen LogP contribution in [-0.2, 0) is 18.1 Å². The van der Waals surface area contributed by atoms with E-state index >= 15 is 0 Å². The van der Waals surface area contributed by atoms with Crippen LogP contribution in [-0.4, -0.2) is 46.1 Å². The fraction of sp³-hybridized carbons (Fsp3) is 0.467. The highest BCUT2D eigenvalue weighted by molar-refractivity contribution is 7.79. The van der Waals surface area contributed by atoms with E-state index in [2.05, 4.69) is 20.4 Å². The van der Waals surface area contributed by atoms with Crippen LogP contribution in [0.15, 0.2) is 24.8 Å². The van der Waals surface area contributed by atoms with Gasteiger partial charge in [-0.3, -0.25) is 9.48 Å². The molecule has 0 spiro atoms. The Morgan fingerprint density at radius 1 is 1.50 bits per heavy atom. The molecule has 0 saturated heterocycles. The van der Waals surface area contributed by atoms with E-state index in [0.29, 0.717) is 22.8 Å². The summed E-state index contributed by atoms with van der Waals surface area (Å²) in [6, 6.07) is 1.78. The van der Waals surface area contributed by atoms with Gasteiger partial charge in [-0.1, -0.05) is 0 Å². The largest absolute Gasteiger partial charge is 0.367 e. The van der Waals surface area contributed by atoms with Crippen LogP contribution in [0.1, 0.15) is 35.3 Å². The average Bonchev–Trinajstić information content (AvgIpc) is 3.16. The third-order valence-electron chi connectivity index (χ3n) is 4.16. The SMILES string of the molecule is Cn1ccc(C(=O)c2cncnc2NC2CCC(CS(=O)O)C2)n1. The van der Waals surface area contributed by atoms with Gasteiger partial charge in [0.25, 0.3) is 0 Å². The Morgan fingerprint density at radius 3 is 3.04 bits per heavy atom. The van der Waals surface area contributed by atoms with Gasteiger partial charge in [0.1, 0.15) is 17.8 Å². The lowest BCUT2D eigenvalue weighted by Crippen LogP contribution is -2.20. The van der Waals surface area contributed by atoms with Gasteiger partial charge in [-0.2, -0.15) is 5.10 Å². The van der Waals surface area contributed by atoms with Gasteiger partial charge in [0.2, 0.25) is 5.78 Å². The van der Waals surface area contributed by atoms with Crippen molar-refractivity contribution in [3.05, 3.63) is 36.0 Å². The van der Waals surface area contributed by atoms with E-state index in [-0.39, 0.29) is 17.7 Å². The summed E-state index contributed by atoms with van der Waals surface area (Å²) in [5, 5.41) is 7.41. The van der Waals surface area contributed by atoms with E-state index in [1.807, 2.05) is 0 Å². The van der Waals surface area contributed by atoms with Crippen molar-refractivity contribution in [2.24, 2.45) is 13.0 Å². The Hall–Kier alpha value is -2.13. The molecule has 0 aliphatic heterocycles. The lowest BCUT2D eigenvalue weighted by atomic mass is 10.1. The molecule has 0 amide bonds. The van der Waals surface area contributed by atoms with Crippen molar-refractivity contribution >= 4 is 22.7 Å². The van der Waals surface area contributed by atoms with E-state index in [9.17, 15) is 9.00 Å². The summed E-state index contributed by atoms with van der Waals surface area (Å²) < 4.78 is 21.5. The summed E-state index contributed by atoms with van der Waals surface area (Å²) in [6.45, 7) is 0. The van der Waals surface area contributed by atoms with Gasteiger partial charge in [-0.25, -0.2) is 14.2 Å².